The van der Waals surface area contributed by atoms with Crippen molar-refractivity contribution in [3.63, 3.8) is 0 Å². The monoisotopic (exact) mass is 318 g/mol. The Hall–Kier alpha value is -1.58. The third-order valence-corrected chi connectivity index (χ3v) is 5.28. The van der Waals surface area contributed by atoms with Crippen LogP contribution in [0.2, 0.25) is 5.02 Å². The first-order valence-corrected chi connectivity index (χ1v) is 8.18. The Morgan fingerprint density at radius 3 is 2.38 bits per heavy atom. The van der Waals surface area contributed by atoms with Gasteiger partial charge in [-0.1, -0.05) is 17.7 Å². The summed E-state index contributed by atoms with van der Waals surface area (Å²) >= 11 is 5.89. The molecule has 0 fully saturated rings. The summed E-state index contributed by atoms with van der Waals surface area (Å²) in [5, 5.41) is 1.56. The Kier molecular flexibility index (Phi) is 3.64. The third-order valence-electron chi connectivity index (χ3n) is 3.45. The van der Waals surface area contributed by atoms with Gasteiger partial charge in [-0.15, -0.1) is 0 Å². The molecule has 0 amide bonds. The summed E-state index contributed by atoms with van der Waals surface area (Å²) in [5.41, 5.74) is 3.01. The van der Waals surface area contributed by atoms with Crippen LogP contribution in [0.1, 0.15) is 16.9 Å². The molecule has 0 saturated carbocycles. The molecule has 108 valence electrons. The van der Waals surface area contributed by atoms with E-state index < -0.39 is 10.8 Å². The van der Waals surface area contributed by atoms with Crippen molar-refractivity contribution in [2.45, 2.75) is 30.6 Å². The summed E-state index contributed by atoms with van der Waals surface area (Å²) in [6, 6.07) is 11.2. The second-order valence-electron chi connectivity index (χ2n) is 5.17. The van der Waals surface area contributed by atoms with Gasteiger partial charge < -0.3 is 4.42 Å². The van der Waals surface area contributed by atoms with Gasteiger partial charge in [0.25, 0.3) is 0 Å². The van der Waals surface area contributed by atoms with Crippen molar-refractivity contribution in [2.75, 3.05) is 0 Å². The number of fused-ring (bicyclic) bond motifs is 1. The van der Waals surface area contributed by atoms with E-state index in [4.69, 9.17) is 16.0 Å². The molecule has 0 spiro atoms. The summed E-state index contributed by atoms with van der Waals surface area (Å²) in [6.45, 7) is 5.90. The van der Waals surface area contributed by atoms with E-state index in [2.05, 4.69) is 6.07 Å². The molecule has 0 aliphatic carbocycles. The van der Waals surface area contributed by atoms with Crippen LogP contribution in [0.3, 0.4) is 0 Å². The predicted octanol–water partition coefficient (Wildman–Crippen LogP) is 5.18. The van der Waals surface area contributed by atoms with Crippen LogP contribution in [-0.4, -0.2) is 4.21 Å². The summed E-state index contributed by atoms with van der Waals surface area (Å²) in [4.78, 5) is 1.48. The number of hydrogen-bond acceptors (Lipinski definition) is 2. The SMILES string of the molecule is Cc1cc(C)c2oc(C)c([S@@](=O)c3ccc(Cl)cc3)c2c1. The Balaban J connectivity index is 2.22. The van der Waals surface area contributed by atoms with Crippen molar-refractivity contribution in [1.29, 1.82) is 0 Å². The molecular formula is C17H15ClO2S. The zero-order valence-corrected chi connectivity index (χ0v) is 13.6. The van der Waals surface area contributed by atoms with E-state index in [0.717, 1.165) is 31.9 Å². The Bertz CT molecular complexity index is 847. The maximum Gasteiger partial charge on any atom is 0.138 e. The van der Waals surface area contributed by atoms with Crippen LogP contribution in [-0.2, 0) is 10.8 Å². The van der Waals surface area contributed by atoms with E-state index in [1.54, 1.807) is 24.3 Å². The molecule has 3 rings (SSSR count). The lowest BCUT2D eigenvalue weighted by Crippen LogP contribution is -1.94. The molecule has 0 N–H and O–H groups in total. The molecule has 21 heavy (non-hydrogen) atoms. The van der Waals surface area contributed by atoms with E-state index in [-0.39, 0.29) is 0 Å². The Labute approximate surface area is 131 Å². The van der Waals surface area contributed by atoms with Gasteiger partial charge in [0.15, 0.2) is 0 Å². The van der Waals surface area contributed by atoms with Crippen molar-refractivity contribution >= 4 is 33.4 Å². The second kappa shape index (κ2) is 5.32. The Morgan fingerprint density at radius 1 is 1.05 bits per heavy atom. The standard InChI is InChI=1S/C17H15ClO2S/c1-10-8-11(2)16-15(9-10)17(12(3)20-16)21(19)14-6-4-13(18)5-7-14/h4-9H,1-3H3/t21-/m0/s1. The van der Waals surface area contributed by atoms with Gasteiger partial charge in [-0.3, -0.25) is 0 Å². The van der Waals surface area contributed by atoms with Gasteiger partial charge in [0.2, 0.25) is 0 Å². The molecule has 2 aromatic carbocycles. The third kappa shape index (κ3) is 2.52. The topological polar surface area (TPSA) is 30.2 Å². The zero-order chi connectivity index (χ0) is 15.1. The molecule has 0 unspecified atom stereocenters. The molecular weight excluding hydrogens is 304 g/mol. The van der Waals surface area contributed by atoms with Crippen LogP contribution in [0.4, 0.5) is 0 Å². The fraction of sp³-hybridized carbons (Fsp3) is 0.176. The number of aryl methyl sites for hydroxylation is 3. The van der Waals surface area contributed by atoms with Gasteiger partial charge in [0, 0.05) is 15.3 Å². The van der Waals surface area contributed by atoms with E-state index in [1.807, 2.05) is 26.8 Å². The minimum Gasteiger partial charge on any atom is -0.460 e. The maximum absolute atomic E-state index is 12.9. The van der Waals surface area contributed by atoms with E-state index in [9.17, 15) is 4.21 Å². The van der Waals surface area contributed by atoms with Gasteiger partial charge in [-0.25, -0.2) is 4.21 Å². The summed E-state index contributed by atoms with van der Waals surface area (Å²) in [6.07, 6.45) is 0. The summed E-state index contributed by atoms with van der Waals surface area (Å²) in [7, 11) is -1.28. The van der Waals surface area contributed by atoms with Gasteiger partial charge in [0.05, 0.1) is 15.7 Å². The molecule has 1 heterocycles. The molecule has 3 aromatic rings. The average Bonchev–Trinajstić information content (AvgIpc) is 2.75. The Morgan fingerprint density at radius 2 is 1.71 bits per heavy atom. The van der Waals surface area contributed by atoms with Crippen LogP contribution < -0.4 is 0 Å². The molecule has 1 atom stereocenters. The van der Waals surface area contributed by atoms with Crippen LogP contribution >= 0.6 is 11.6 Å². The number of benzene rings is 2. The molecule has 1 aromatic heterocycles. The minimum atomic E-state index is -1.28. The highest BCUT2D eigenvalue weighted by atomic mass is 35.5. The van der Waals surface area contributed by atoms with Gasteiger partial charge in [0.1, 0.15) is 11.3 Å². The molecule has 0 aliphatic heterocycles. The normalized spacial score (nSPS) is 12.8. The van der Waals surface area contributed by atoms with Crippen molar-refractivity contribution in [1.82, 2.24) is 0 Å². The second-order valence-corrected chi connectivity index (χ2v) is 7.02. The predicted molar refractivity (Wildman–Crippen MR) is 86.6 cm³/mol. The van der Waals surface area contributed by atoms with E-state index >= 15 is 0 Å². The fourth-order valence-corrected chi connectivity index (χ4v) is 3.95. The number of halogens is 1. The molecule has 0 aliphatic rings. The zero-order valence-electron chi connectivity index (χ0n) is 12.1. The summed E-state index contributed by atoms with van der Waals surface area (Å²) < 4.78 is 18.7. The maximum atomic E-state index is 12.9. The highest BCUT2D eigenvalue weighted by Crippen LogP contribution is 2.34. The van der Waals surface area contributed by atoms with Crippen molar-refractivity contribution in [2.24, 2.45) is 0 Å². The highest BCUT2D eigenvalue weighted by Gasteiger charge is 2.19. The van der Waals surface area contributed by atoms with E-state index in [1.165, 1.54) is 0 Å². The van der Waals surface area contributed by atoms with Crippen LogP contribution in [0.5, 0.6) is 0 Å². The number of furan rings is 1. The van der Waals surface area contributed by atoms with Crippen LogP contribution in [0.15, 0.2) is 50.6 Å². The number of hydrogen-bond donors (Lipinski definition) is 0. The largest absolute Gasteiger partial charge is 0.460 e. The van der Waals surface area contributed by atoms with Gasteiger partial charge >= 0.3 is 0 Å². The lowest BCUT2D eigenvalue weighted by atomic mass is 10.1. The summed E-state index contributed by atoms with van der Waals surface area (Å²) in [5.74, 6) is 0.701. The first kappa shape index (κ1) is 14.4. The van der Waals surface area contributed by atoms with E-state index in [0.29, 0.717) is 10.8 Å². The quantitative estimate of drug-likeness (QED) is 0.652. The highest BCUT2D eigenvalue weighted by molar-refractivity contribution is 7.85. The molecule has 0 radical (unpaired) electrons. The first-order chi connectivity index (χ1) is 9.97. The molecule has 2 nitrogen and oxygen atoms in total. The first-order valence-electron chi connectivity index (χ1n) is 6.65. The molecule has 4 heteroatoms. The average molecular weight is 319 g/mol. The van der Waals surface area contributed by atoms with Crippen molar-refractivity contribution < 1.29 is 8.63 Å². The van der Waals surface area contributed by atoms with Crippen molar-refractivity contribution in [3.8, 4) is 0 Å². The van der Waals surface area contributed by atoms with Crippen molar-refractivity contribution in [3.05, 3.63) is 58.3 Å². The van der Waals surface area contributed by atoms with Gasteiger partial charge in [-0.2, -0.15) is 0 Å². The molecule has 0 saturated heterocycles. The fourth-order valence-electron chi connectivity index (χ4n) is 2.55. The van der Waals surface area contributed by atoms with Crippen LogP contribution in [0.25, 0.3) is 11.0 Å². The number of rotatable bonds is 2. The van der Waals surface area contributed by atoms with Gasteiger partial charge in [-0.05, 0) is 62.2 Å². The lowest BCUT2D eigenvalue weighted by molar-refractivity contribution is 0.564. The molecule has 0 bridgehead atoms. The minimum absolute atomic E-state index is 0.635. The smallest absolute Gasteiger partial charge is 0.138 e. The lowest BCUT2D eigenvalue weighted by Gasteiger charge is -2.03. The van der Waals surface area contributed by atoms with Crippen LogP contribution in [0, 0.1) is 20.8 Å².